The third-order valence-electron chi connectivity index (χ3n) is 4.37. The number of rotatable bonds is 4. The molecule has 3 heteroatoms. The number of Topliss-reactive ketones (excluding diaryl/α,β-unsaturated/α-hetero) is 1. The van der Waals surface area contributed by atoms with Gasteiger partial charge in [-0.3, -0.25) is 14.6 Å². The summed E-state index contributed by atoms with van der Waals surface area (Å²) < 4.78 is 0. The average molecular weight is 288 g/mol. The summed E-state index contributed by atoms with van der Waals surface area (Å²) in [5, 5.41) is 0. The number of ketones is 1. The lowest BCUT2D eigenvalue weighted by Gasteiger charge is -2.42. The minimum absolute atomic E-state index is 0.228. The quantitative estimate of drug-likeness (QED) is 0.796. The van der Waals surface area contributed by atoms with Crippen LogP contribution in [0.2, 0.25) is 0 Å². The van der Waals surface area contributed by atoms with Gasteiger partial charge < -0.3 is 0 Å². The zero-order valence-electron chi connectivity index (χ0n) is 13.9. The maximum Gasteiger partial charge on any atom is 0.176 e. The molecule has 2 rings (SSSR count). The number of aryl methyl sites for hydroxylation is 1. The first-order valence-corrected chi connectivity index (χ1v) is 7.99. The predicted molar refractivity (Wildman–Crippen MR) is 87.9 cm³/mol. The van der Waals surface area contributed by atoms with Crippen LogP contribution in [0.3, 0.4) is 0 Å². The fraction of sp³-hybridized carbons (Fsp3) is 0.611. The zero-order chi connectivity index (χ0) is 15.5. The zero-order valence-corrected chi connectivity index (χ0v) is 13.9. The van der Waals surface area contributed by atoms with Gasteiger partial charge >= 0.3 is 0 Å². The van der Waals surface area contributed by atoms with E-state index in [-0.39, 0.29) is 11.3 Å². The summed E-state index contributed by atoms with van der Waals surface area (Å²) in [5.74, 6) is 0.238. The number of benzene rings is 1. The summed E-state index contributed by atoms with van der Waals surface area (Å²) in [7, 11) is 0. The average Bonchev–Trinajstić information content (AvgIpc) is 2.47. The number of nitrogens with zero attached hydrogens (tertiary/aromatic N) is 2. The molecule has 21 heavy (non-hydrogen) atoms. The van der Waals surface area contributed by atoms with Crippen LogP contribution < -0.4 is 0 Å². The molecule has 0 radical (unpaired) electrons. The molecule has 1 aromatic rings. The van der Waals surface area contributed by atoms with Crippen molar-refractivity contribution in [3.63, 3.8) is 0 Å². The van der Waals surface area contributed by atoms with Gasteiger partial charge in [-0.25, -0.2) is 0 Å². The van der Waals surface area contributed by atoms with Crippen LogP contribution in [0.15, 0.2) is 24.3 Å². The first-order valence-electron chi connectivity index (χ1n) is 7.99. The highest BCUT2D eigenvalue weighted by molar-refractivity contribution is 5.97. The van der Waals surface area contributed by atoms with Crippen molar-refractivity contribution >= 4 is 5.78 Å². The first-order chi connectivity index (χ1) is 9.90. The number of hydrogen-bond acceptors (Lipinski definition) is 3. The molecule has 0 aliphatic carbocycles. The summed E-state index contributed by atoms with van der Waals surface area (Å²) in [6, 6.07) is 8.05. The van der Waals surface area contributed by atoms with Gasteiger partial charge in [-0.1, -0.05) is 31.2 Å². The van der Waals surface area contributed by atoms with E-state index in [1.165, 1.54) is 5.56 Å². The van der Waals surface area contributed by atoms with Gasteiger partial charge in [0.2, 0.25) is 0 Å². The van der Waals surface area contributed by atoms with Crippen LogP contribution in [-0.4, -0.2) is 53.8 Å². The largest absolute Gasteiger partial charge is 0.296 e. The molecular weight excluding hydrogens is 260 g/mol. The van der Waals surface area contributed by atoms with Gasteiger partial charge in [0, 0.05) is 37.3 Å². The summed E-state index contributed by atoms with van der Waals surface area (Å²) in [6.07, 6.45) is 1.02. The molecule has 0 spiro atoms. The van der Waals surface area contributed by atoms with Crippen LogP contribution in [0, 0.1) is 0 Å². The van der Waals surface area contributed by atoms with E-state index in [1.807, 2.05) is 12.1 Å². The van der Waals surface area contributed by atoms with Gasteiger partial charge in [-0.05, 0) is 32.8 Å². The highest BCUT2D eigenvalue weighted by Crippen LogP contribution is 2.16. The Morgan fingerprint density at radius 3 is 2.10 bits per heavy atom. The monoisotopic (exact) mass is 288 g/mol. The molecule has 1 heterocycles. The van der Waals surface area contributed by atoms with E-state index in [0.717, 1.165) is 38.2 Å². The van der Waals surface area contributed by atoms with Gasteiger partial charge in [0.15, 0.2) is 5.78 Å². The van der Waals surface area contributed by atoms with Crippen LogP contribution in [0.4, 0.5) is 0 Å². The summed E-state index contributed by atoms with van der Waals surface area (Å²) in [4.78, 5) is 17.1. The maximum absolute atomic E-state index is 12.3. The SMILES string of the molecule is CCc1ccc(C(=O)CN2CCN(C(C)(C)C)CC2)cc1. The molecule has 3 nitrogen and oxygen atoms in total. The topological polar surface area (TPSA) is 23.6 Å². The molecule has 0 bridgehead atoms. The molecular formula is C18H28N2O. The van der Waals surface area contributed by atoms with Gasteiger partial charge in [0.1, 0.15) is 0 Å². The van der Waals surface area contributed by atoms with Crippen LogP contribution in [0.25, 0.3) is 0 Å². The van der Waals surface area contributed by atoms with Gasteiger partial charge in [0.25, 0.3) is 0 Å². The fourth-order valence-electron chi connectivity index (χ4n) is 2.80. The second kappa shape index (κ2) is 6.71. The lowest BCUT2D eigenvalue weighted by Crippen LogP contribution is -2.54. The summed E-state index contributed by atoms with van der Waals surface area (Å²) >= 11 is 0. The molecule has 0 aromatic heterocycles. The molecule has 0 saturated carbocycles. The Morgan fingerprint density at radius 2 is 1.62 bits per heavy atom. The van der Waals surface area contributed by atoms with Crippen LogP contribution in [-0.2, 0) is 6.42 Å². The fourth-order valence-corrected chi connectivity index (χ4v) is 2.80. The first kappa shape index (κ1) is 16.2. The van der Waals surface area contributed by atoms with Crippen molar-refractivity contribution in [2.45, 2.75) is 39.7 Å². The molecule has 116 valence electrons. The number of carbonyl (C=O) groups is 1. The number of hydrogen-bond donors (Lipinski definition) is 0. The van der Waals surface area contributed by atoms with E-state index in [9.17, 15) is 4.79 Å². The van der Waals surface area contributed by atoms with Gasteiger partial charge in [-0.2, -0.15) is 0 Å². The second-order valence-electron chi connectivity index (χ2n) is 6.91. The third kappa shape index (κ3) is 4.39. The lowest BCUT2D eigenvalue weighted by atomic mass is 10.0. The molecule has 1 aliphatic rings. The van der Waals surface area contributed by atoms with Crippen molar-refractivity contribution in [3.8, 4) is 0 Å². The Kier molecular flexibility index (Phi) is 5.17. The van der Waals surface area contributed by atoms with Crippen LogP contribution in [0.5, 0.6) is 0 Å². The standard InChI is InChI=1S/C18H28N2O/c1-5-15-6-8-16(9-7-15)17(21)14-19-10-12-20(13-11-19)18(2,3)4/h6-9H,5,10-14H2,1-4H3. The van der Waals surface area contributed by atoms with E-state index in [4.69, 9.17) is 0 Å². The third-order valence-corrected chi connectivity index (χ3v) is 4.37. The molecule has 1 saturated heterocycles. The molecule has 0 unspecified atom stereocenters. The van der Waals surface area contributed by atoms with Crippen molar-refractivity contribution in [2.24, 2.45) is 0 Å². The van der Waals surface area contributed by atoms with Gasteiger partial charge in [-0.15, -0.1) is 0 Å². The predicted octanol–water partition coefficient (Wildman–Crippen LogP) is 2.85. The Hall–Kier alpha value is -1.19. The lowest BCUT2D eigenvalue weighted by molar-refractivity contribution is 0.0579. The van der Waals surface area contributed by atoms with E-state index in [1.54, 1.807) is 0 Å². The van der Waals surface area contributed by atoms with E-state index < -0.39 is 0 Å². The van der Waals surface area contributed by atoms with Gasteiger partial charge in [0.05, 0.1) is 6.54 Å². The summed E-state index contributed by atoms with van der Waals surface area (Å²) in [5.41, 5.74) is 2.35. The van der Waals surface area contributed by atoms with Crippen molar-refractivity contribution in [1.29, 1.82) is 0 Å². The van der Waals surface area contributed by atoms with E-state index in [0.29, 0.717) is 6.54 Å². The highest BCUT2D eigenvalue weighted by atomic mass is 16.1. The van der Waals surface area contributed by atoms with Crippen molar-refractivity contribution in [3.05, 3.63) is 35.4 Å². The van der Waals surface area contributed by atoms with Crippen molar-refractivity contribution < 1.29 is 4.79 Å². The molecule has 1 aromatic carbocycles. The Labute approximate surface area is 128 Å². The molecule has 1 fully saturated rings. The smallest absolute Gasteiger partial charge is 0.176 e. The van der Waals surface area contributed by atoms with Crippen molar-refractivity contribution in [2.75, 3.05) is 32.7 Å². The highest BCUT2D eigenvalue weighted by Gasteiger charge is 2.26. The van der Waals surface area contributed by atoms with E-state index >= 15 is 0 Å². The molecule has 0 atom stereocenters. The number of piperazine rings is 1. The van der Waals surface area contributed by atoms with E-state index in [2.05, 4.69) is 49.6 Å². The molecule has 1 aliphatic heterocycles. The summed E-state index contributed by atoms with van der Waals surface area (Å²) in [6.45, 7) is 13.5. The normalized spacial score (nSPS) is 17.9. The maximum atomic E-state index is 12.3. The second-order valence-corrected chi connectivity index (χ2v) is 6.91. The Bertz CT molecular complexity index is 465. The van der Waals surface area contributed by atoms with Crippen LogP contribution in [0.1, 0.15) is 43.6 Å². The molecule has 0 amide bonds. The van der Waals surface area contributed by atoms with Crippen LogP contribution >= 0.6 is 0 Å². The Morgan fingerprint density at radius 1 is 1.05 bits per heavy atom. The minimum atomic E-state index is 0.228. The minimum Gasteiger partial charge on any atom is -0.296 e. The Balaban J connectivity index is 1.86. The molecule has 0 N–H and O–H groups in total. The number of carbonyl (C=O) groups excluding carboxylic acids is 1. The van der Waals surface area contributed by atoms with Crippen molar-refractivity contribution in [1.82, 2.24) is 9.80 Å².